The molecule has 0 aromatic heterocycles. The minimum atomic E-state index is -0.721. The molecule has 2 aromatic rings. The summed E-state index contributed by atoms with van der Waals surface area (Å²) in [6.07, 6.45) is 0. The van der Waals surface area contributed by atoms with Gasteiger partial charge in [0.15, 0.2) is 0 Å². The molecule has 0 aliphatic carbocycles. The predicted molar refractivity (Wildman–Crippen MR) is 101 cm³/mol. The normalized spacial score (nSPS) is 11.7. The number of amides is 3. The van der Waals surface area contributed by atoms with Crippen LogP contribution in [0, 0.1) is 12.8 Å². The summed E-state index contributed by atoms with van der Waals surface area (Å²) in [7, 11) is 0. The minimum absolute atomic E-state index is 0.122. The largest absolute Gasteiger partial charge is 0.366 e. The van der Waals surface area contributed by atoms with Gasteiger partial charge in [-0.2, -0.15) is 0 Å². The molecule has 0 saturated heterocycles. The van der Waals surface area contributed by atoms with E-state index in [1.165, 1.54) is 6.07 Å². The van der Waals surface area contributed by atoms with Crippen LogP contribution in [0.15, 0.2) is 48.5 Å². The second kappa shape index (κ2) is 8.29. The van der Waals surface area contributed by atoms with Crippen LogP contribution in [0.1, 0.15) is 40.1 Å². The number of hydrogen-bond acceptors (Lipinski definition) is 3. The van der Waals surface area contributed by atoms with E-state index < -0.39 is 11.9 Å². The number of anilines is 1. The molecule has 0 aliphatic rings. The molecule has 0 spiro atoms. The highest BCUT2D eigenvalue weighted by Crippen LogP contribution is 2.13. The number of carbonyl (C=O) groups is 3. The van der Waals surface area contributed by atoms with E-state index in [4.69, 9.17) is 5.73 Å². The summed E-state index contributed by atoms with van der Waals surface area (Å²) >= 11 is 0. The Morgan fingerprint density at radius 2 is 1.62 bits per heavy atom. The lowest BCUT2D eigenvalue weighted by Gasteiger charge is -2.22. The lowest BCUT2D eigenvalue weighted by Crippen LogP contribution is -2.47. The van der Waals surface area contributed by atoms with Crippen LogP contribution in [0.3, 0.4) is 0 Å². The van der Waals surface area contributed by atoms with Crippen molar-refractivity contribution in [3.63, 3.8) is 0 Å². The van der Waals surface area contributed by atoms with Gasteiger partial charge in [-0.25, -0.2) is 0 Å². The summed E-state index contributed by atoms with van der Waals surface area (Å²) in [5.41, 5.74) is 7.54. The molecule has 26 heavy (non-hydrogen) atoms. The number of hydrogen-bond donors (Lipinski definition) is 3. The van der Waals surface area contributed by atoms with Gasteiger partial charge in [-0.15, -0.1) is 0 Å². The van der Waals surface area contributed by atoms with Gasteiger partial charge >= 0.3 is 0 Å². The van der Waals surface area contributed by atoms with Crippen molar-refractivity contribution in [1.82, 2.24) is 5.32 Å². The second-order valence-electron chi connectivity index (χ2n) is 6.50. The number of rotatable bonds is 6. The van der Waals surface area contributed by atoms with Gasteiger partial charge in [-0.05, 0) is 43.2 Å². The molecule has 6 nitrogen and oxygen atoms in total. The average molecular weight is 353 g/mol. The van der Waals surface area contributed by atoms with Crippen LogP contribution in [0.5, 0.6) is 0 Å². The summed E-state index contributed by atoms with van der Waals surface area (Å²) in [4.78, 5) is 36.3. The van der Waals surface area contributed by atoms with E-state index in [-0.39, 0.29) is 17.7 Å². The molecule has 0 heterocycles. The number of nitrogens with one attached hydrogen (secondary N) is 2. The van der Waals surface area contributed by atoms with Crippen molar-refractivity contribution < 1.29 is 14.4 Å². The Morgan fingerprint density at radius 1 is 0.962 bits per heavy atom. The minimum Gasteiger partial charge on any atom is -0.366 e. The molecule has 2 aromatic carbocycles. The Labute approximate surface area is 152 Å². The molecule has 1 unspecified atom stereocenters. The van der Waals surface area contributed by atoms with E-state index in [1.54, 1.807) is 30.3 Å². The van der Waals surface area contributed by atoms with Crippen molar-refractivity contribution >= 4 is 23.4 Å². The summed E-state index contributed by atoms with van der Waals surface area (Å²) in [6.45, 7) is 5.63. The van der Waals surface area contributed by atoms with Crippen molar-refractivity contribution in [3.05, 3.63) is 65.2 Å². The number of aryl methyl sites for hydroxylation is 1. The van der Waals surface area contributed by atoms with Crippen LogP contribution in [0.2, 0.25) is 0 Å². The van der Waals surface area contributed by atoms with E-state index in [2.05, 4.69) is 10.6 Å². The zero-order valence-corrected chi connectivity index (χ0v) is 15.1. The Hall–Kier alpha value is -3.15. The maximum absolute atomic E-state index is 12.6. The van der Waals surface area contributed by atoms with Crippen molar-refractivity contribution in [1.29, 1.82) is 0 Å². The molecule has 0 fully saturated rings. The molecular formula is C20H23N3O3. The molecule has 6 heteroatoms. The van der Waals surface area contributed by atoms with Gasteiger partial charge in [0.2, 0.25) is 11.8 Å². The predicted octanol–water partition coefficient (Wildman–Crippen LogP) is 2.49. The zero-order valence-electron chi connectivity index (χ0n) is 15.1. The van der Waals surface area contributed by atoms with Crippen LogP contribution in [0.4, 0.5) is 5.69 Å². The zero-order chi connectivity index (χ0) is 19.3. The first-order chi connectivity index (χ1) is 12.3. The summed E-state index contributed by atoms with van der Waals surface area (Å²) in [5.74, 6) is -1.37. The van der Waals surface area contributed by atoms with Gasteiger partial charge in [0.05, 0.1) is 0 Å². The Bertz CT molecular complexity index is 813. The van der Waals surface area contributed by atoms with Gasteiger partial charge < -0.3 is 16.4 Å². The Morgan fingerprint density at radius 3 is 2.19 bits per heavy atom. The monoisotopic (exact) mass is 353 g/mol. The molecule has 3 amide bonds. The third kappa shape index (κ3) is 4.92. The number of carbonyl (C=O) groups excluding carboxylic acids is 3. The molecule has 0 radical (unpaired) electrons. The van der Waals surface area contributed by atoms with Crippen molar-refractivity contribution in [2.45, 2.75) is 26.8 Å². The standard InChI is InChI=1S/C20H23N3O3/c1-12(2)17(23-19(25)14-9-7-13(3)8-10-14)20(26)22-16-6-4-5-15(11-16)18(21)24/h4-12,17H,1-3H3,(H2,21,24)(H,22,26)(H,23,25). The molecule has 136 valence electrons. The number of nitrogens with two attached hydrogens (primary N) is 1. The fraction of sp³-hybridized carbons (Fsp3) is 0.250. The lowest BCUT2D eigenvalue weighted by molar-refractivity contribution is -0.118. The van der Waals surface area contributed by atoms with Gasteiger partial charge in [-0.1, -0.05) is 37.6 Å². The van der Waals surface area contributed by atoms with Crippen LogP contribution in [-0.4, -0.2) is 23.8 Å². The van der Waals surface area contributed by atoms with Crippen molar-refractivity contribution in [3.8, 4) is 0 Å². The molecule has 0 saturated carbocycles. The highest BCUT2D eigenvalue weighted by molar-refractivity contribution is 6.02. The van der Waals surface area contributed by atoms with E-state index in [0.29, 0.717) is 16.8 Å². The van der Waals surface area contributed by atoms with E-state index in [1.807, 2.05) is 32.9 Å². The Balaban J connectivity index is 2.12. The SMILES string of the molecule is Cc1ccc(C(=O)NC(C(=O)Nc2cccc(C(N)=O)c2)C(C)C)cc1. The van der Waals surface area contributed by atoms with E-state index in [0.717, 1.165) is 5.56 Å². The molecule has 1 atom stereocenters. The third-order valence-corrected chi connectivity index (χ3v) is 3.96. The van der Waals surface area contributed by atoms with Crippen LogP contribution >= 0.6 is 0 Å². The van der Waals surface area contributed by atoms with Gasteiger partial charge in [0, 0.05) is 16.8 Å². The first-order valence-electron chi connectivity index (χ1n) is 8.36. The lowest BCUT2D eigenvalue weighted by atomic mass is 10.0. The fourth-order valence-electron chi connectivity index (χ4n) is 2.43. The van der Waals surface area contributed by atoms with Gasteiger partial charge in [-0.3, -0.25) is 14.4 Å². The smallest absolute Gasteiger partial charge is 0.251 e. The first kappa shape index (κ1) is 19.2. The summed E-state index contributed by atoms with van der Waals surface area (Å²) < 4.78 is 0. The average Bonchev–Trinajstić information content (AvgIpc) is 2.59. The molecular weight excluding hydrogens is 330 g/mol. The van der Waals surface area contributed by atoms with E-state index >= 15 is 0 Å². The van der Waals surface area contributed by atoms with Crippen LogP contribution in [0.25, 0.3) is 0 Å². The molecule has 4 N–H and O–H groups in total. The Kier molecular flexibility index (Phi) is 6.11. The number of benzene rings is 2. The topological polar surface area (TPSA) is 101 Å². The summed E-state index contributed by atoms with van der Waals surface area (Å²) in [6, 6.07) is 12.8. The molecule has 2 rings (SSSR count). The van der Waals surface area contributed by atoms with Gasteiger partial charge in [0.1, 0.15) is 6.04 Å². The van der Waals surface area contributed by atoms with Crippen molar-refractivity contribution in [2.24, 2.45) is 11.7 Å². The highest BCUT2D eigenvalue weighted by Gasteiger charge is 2.25. The maximum atomic E-state index is 12.6. The molecule has 0 bridgehead atoms. The summed E-state index contributed by atoms with van der Waals surface area (Å²) in [5, 5.41) is 5.49. The van der Waals surface area contributed by atoms with Crippen LogP contribution in [-0.2, 0) is 4.79 Å². The second-order valence-corrected chi connectivity index (χ2v) is 6.50. The first-order valence-corrected chi connectivity index (χ1v) is 8.36. The highest BCUT2D eigenvalue weighted by atomic mass is 16.2. The fourth-order valence-corrected chi connectivity index (χ4v) is 2.43. The third-order valence-electron chi connectivity index (χ3n) is 3.96. The number of primary amides is 1. The molecule has 0 aliphatic heterocycles. The maximum Gasteiger partial charge on any atom is 0.251 e. The van der Waals surface area contributed by atoms with Crippen molar-refractivity contribution in [2.75, 3.05) is 5.32 Å². The van der Waals surface area contributed by atoms with Gasteiger partial charge in [0.25, 0.3) is 5.91 Å². The van der Waals surface area contributed by atoms with Crippen LogP contribution < -0.4 is 16.4 Å². The quantitative estimate of drug-likeness (QED) is 0.743. The van der Waals surface area contributed by atoms with E-state index in [9.17, 15) is 14.4 Å².